The van der Waals surface area contributed by atoms with E-state index >= 15 is 0 Å². The predicted molar refractivity (Wildman–Crippen MR) is 468 cm³/mol. The van der Waals surface area contributed by atoms with Gasteiger partial charge in [0.2, 0.25) is 0 Å². The molecule has 8 amide bonds. The molecular weight excluding hydrogens is 2040 g/mol. The van der Waals surface area contributed by atoms with E-state index in [-0.39, 0.29) is 84.5 Å². The zero-order valence-electron chi connectivity index (χ0n) is 64.7. The van der Waals surface area contributed by atoms with Crippen molar-refractivity contribution in [3.63, 3.8) is 0 Å². The molecule has 0 bridgehead atoms. The Bertz CT molecular complexity index is 6070. The topological polar surface area (TPSA) is 356 Å². The summed E-state index contributed by atoms with van der Waals surface area (Å²) < 4.78 is 87.0. The molecule has 12 aromatic rings. The van der Waals surface area contributed by atoms with E-state index in [1.165, 1.54) is 78.3 Å². The Morgan fingerprint density at radius 3 is 0.869 bits per heavy atom. The van der Waals surface area contributed by atoms with Gasteiger partial charge in [-0.25, -0.2) is 38.7 Å². The zero-order chi connectivity index (χ0) is 89.8. The molecule has 0 unspecified atom stereocenters. The number of aromatic nitrogens is 12. The summed E-state index contributed by atoms with van der Waals surface area (Å²) in [5.41, 5.74) is 1.20. The van der Waals surface area contributed by atoms with Gasteiger partial charge in [-0.2, -0.15) is 46.7 Å². The largest absolute Gasteiger partial charge is 0.435 e. The molecular formula is C78H64Br5Cl5F6N20O8. The second-order valence-electron chi connectivity index (χ2n) is 26.2. The van der Waals surface area contributed by atoms with Crippen LogP contribution in [0.5, 0.6) is 0 Å². The number of hydrogen-bond acceptors (Lipinski definition) is 16. The summed E-state index contributed by atoms with van der Waals surface area (Å²) in [6, 6.07) is 29.4. The zero-order valence-corrected chi connectivity index (χ0v) is 76.4. The van der Waals surface area contributed by atoms with Crippen LogP contribution in [0.4, 0.5) is 49.1 Å². The van der Waals surface area contributed by atoms with Gasteiger partial charge in [0.1, 0.15) is 32.0 Å². The average molecular weight is 2100 g/mol. The quantitative estimate of drug-likeness (QED) is 0.0370. The van der Waals surface area contributed by atoms with E-state index < -0.39 is 70.6 Å². The van der Waals surface area contributed by atoms with Crippen molar-refractivity contribution < 1.29 is 64.7 Å². The fourth-order valence-corrected chi connectivity index (χ4v) is 14.7. The molecule has 0 radical (unpaired) electrons. The Kier molecular flexibility index (Phi) is 32.1. The van der Waals surface area contributed by atoms with Gasteiger partial charge in [-0.1, -0.05) is 106 Å². The van der Waals surface area contributed by atoms with Gasteiger partial charge >= 0.3 is 12.4 Å². The van der Waals surface area contributed by atoms with Crippen molar-refractivity contribution in [1.29, 1.82) is 0 Å². The first-order valence-electron chi connectivity index (χ1n) is 35.2. The second-order valence-corrected chi connectivity index (χ2v) is 32.7. The molecule has 0 saturated heterocycles. The maximum absolute atomic E-state index is 13.4. The van der Waals surface area contributed by atoms with Gasteiger partial charge < -0.3 is 42.5 Å². The number of alkyl halides is 6. The number of nitrogens with one attached hydrogen (secondary N) is 8. The fraction of sp³-hybridized carbons (Fsp3) is 0.179. The molecule has 122 heavy (non-hydrogen) atoms. The van der Waals surface area contributed by atoms with Gasteiger partial charge in [0.15, 0.2) is 34.7 Å². The van der Waals surface area contributed by atoms with Crippen LogP contribution in [0.25, 0.3) is 23.3 Å². The normalized spacial score (nSPS) is 11.1. The predicted octanol–water partition coefficient (Wildman–Crippen LogP) is 19.4. The summed E-state index contributed by atoms with van der Waals surface area (Å²) in [5, 5.41) is 37.7. The number of pyridine rings is 4. The highest BCUT2D eigenvalue weighted by Gasteiger charge is 2.39. The first-order valence-corrected chi connectivity index (χ1v) is 41.1. The number of rotatable bonds is 18. The van der Waals surface area contributed by atoms with Crippen LogP contribution in [0.2, 0.25) is 25.1 Å². The van der Waals surface area contributed by atoms with E-state index in [0.29, 0.717) is 90.5 Å². The van der Waals surface area contributed by atoms with Crippen LogP contribution >= 0.6 is 138 Å². The number of aryl methyl sites for hydroxylation is 4. The second kappa shape index (κ2) is 41.1. The molecule has 0 aliphatic carbocycles. The molecule has 0 aliphatic rings. The Morgan fingerprint density at radius 2 is 0.607 bits per heavy atom. The van der Waals surface area contributed by atoms with Crippen molar-refractivity contribution in [3.05, 3.63) is 273 Å². The van der Waals surface area contributed by atoms with Gasteiger partial charge in [-0.3, -0.25) is 38.4 Å². The van der Waals surface area contributed by atoms with Gasteiger partial charge in [0.25, 0.3) is 47.3 Å². The van der Waals surface area contributed by atoms with Crippen LogP contribution in [-0.4, -0.2) is 132 Å². The lowest BCUT2D eigenvalue weighted by atomic mass is 10.1. The van der Waals surface area contributed by atoms with E-state index in [1.54, 1.807) is 102 Å². The molecule has 12 rings (SSSR count). The first kappa shape index (κ1) is 95.3. The number of benzene rings is 4. The van der Waals surface area contributed by atoms with Crippen molar-refractivity contribution in [2.24, 2.45) is 0 Å². The summed E-state index contributed by atoms with van der Waals surface area (Å²) in [7, 11) is 2.94. The van der Waals surface area contributed by atoms with Crippen molar-refractivity contribution in [2.45, 2.75) is 79.8 Å². The lowest BCUT2D eigenvalue weighted by molar-refractivity contribution is -0.142. The van der Waals surface area contributed by atoms with Gasteiger partial charge in [-0.15, -0.1) is 0 Å². The third kappa shape index (κ3) is 23.6. The van der Waals surface area contributed by atoms with Crippen LogP contribution in [0.3, 0.4) is 0 Å². The van der Waals surface area contributed by atoms with E-state index in [1.807, 2.05) is 32.9 Å². The molecule has 8 heterocycles. The Labute approximate surface area is 757 Å². The monoisotopic (exact) mass is 2090 g/mol. The highest BCUT2D eigenvalue weighted by atomic mass is 79.9. The Hall–Kier alpha value is -10.5. The fourth-order valence-electron chi connectivity index (χ4n) is 11.2. The molecule has 44 heteroatoms. The number of hydrogen-bond donors (Lipinski definition) is 8. The molecule has 8 aromatic heterocycles. The number of anilines is 4. The highest BCUT2D eigenvalue weighted by molar-refractivity contribution is 9.11. The molecule has 4 aromatic carbocycles. The van der Waals surface area contributed by atoms with Crippen molar-refractivity contribution in [3.8, 4) is 23.3 Å². The molecule has 0 fully saturated rings. The van der Waals surface area contributed by atoms with E-state index in [0.717, 1.165) is 20.1 Å². The van der Waals surface area contributed by atoms with Crippen LogP contribution in [0.15, 0.2) is 169 Å². The molecule has 636 valence electrons. The maximum Gasteiger partial charge on any atom is 0.435 e. The van der Waals surface area contributed by atoms with Crippen molar-refractivity contribution in [2.75, 3.05) is 35.4 Å². The van der Waals surface area contributed by atoms with E-state index in [9.17, 15) is 64.7 Å². The molecule has 8 N–H and O–H groups in total. The van der Waals surface area contributed by atoms with Gasteiger partial charge in [0, 0.05) is 93.7 Å². The SMILES string of the molecule is CNC(=O)c1cc(Br)cc(C)c1NC(=O)c1cc(Br)nn1-c1ncccc1Cl.CNC(=O)c1cc(Br)cc(C)c1NC(=O)c1cc(C(F)(F)F)nn1-c1ncccc1Cl.Cc1cc(Br)cc(C(=O)NC(C)C)c1NC(=O)c1cc(Br)nn1-c1ncccc1Cl.Cc1cc(Cl)cc(C(=O)NC(C)C)c1NC(=O)c1cc(C(F)(F)F)nn1-c1ncccc1Cl. The first-order chi connectivity index (χ1) is 57.4. The number of halogens is 16. The minimum atomic E-state index is -4.82. The van der Waals surface area contributed by atoms with Gasteiger partial charge in [0.05, 0.1) is 65.1 Å². The average Bonchev–Trinajstić information content (AvgIpc) is 1.84. The minimum absolute atomic E-state index is 0.000698. The standard InChI is InChI=1S/C21H18Cl2F3N5O2.C20H18Br2ClN5O2.C19H14BrClF3N5O2.C18H14Br2ClN5O2/c1-10(2)28-19(32)13-8-12(22)7-11(3)17(13)29-20(33)15-9-16(21(24,25)26)30-31(15)18-14(23)5-4-6-27-18;1-10(2)25-19(29)13-8-12(21)7-11(3)17(13)26-20(30)15-9-16(22)27-28(15)18-14(23)5-4-6-24-18;1-9-6-10(20)7-11(17(30)25-2)15(9)27-18(31)13-8-14(19(22,23)24)28-29(13)16-12(21)4-3-5-26-16;1-9-6-10(19)7-11(17(27)22-2)15(9)24-18(28)13-8-14(20)25-26(13)16-12(21)4-3-5-23-16/h4-10H,1-3H3,(H,28,32)(H,29,33);4-10H,1-3H3,(H,25,29)(H,26,30);3-8H,1-2H3,(H,25,30)(H,27,31);3-8H,1-2H3,(H,22,27)(H,24,28). The van der Waals surface area contributed by atoms with Crippen LogP contribution in [-0.2, 0) is 12.4 Å². The van der Waals surface area contributed by atoms with Crippen LogP contribution in [0, 0.1) is 27.7 Å². The number of amides is 8. The van der Waals surface area contributed by atoms with E-state index in [2.05, 4.69) is 163 Å². The Morgan fingerprint density at radius 1 is 0.352 bits per heavy atom. The molecule has 0 saturated carbocycles. The molecule has 0 atom stereocenters. The van der Waals surface area contributed by atoms with Crippen LogP contribution < -0.4 is 42.5 Å². The van der Waals surface area contributed by atoms with Crippen molar-refractivity contribution in [1.82, 2.24) is 80.3 Å². The highest BCUT2D eigenvalue weighted by Crippen LogP contribution is 2.37. The minimum Gasteiger partial charge on any atom is -0.355 e. The smallest absolute Gasteiger partial charge is 0.355 e. The summed E-state index contributed by atoms with van der Waals surface area (Å²) in [6.45, 7) is 14.1. The summed E-state index contributed by atoms with van der Waals surface area (Å²) in [6.07, 6.45) is -3.90. The van der Waals surface area contributed by atoms with Crippen LogP contribution in [0.1, 0.15) is 145 Å². The summed E-state index contributed by atoms with van der Waals surface area (Å²) in [5.74, 6) is -4.08. The number of carbonyl (C=O) groups is 8. The molecule has 0 spiro atoms. The Balaban J connectivity index is 0.000000185. The van der Waals surface area contributed by atoms with E-state index in [4.69, 9.17) is 58.0 Å². The van der Waals surface area contributed by atoms with Gasteiger partial charge in [-0.05, 0) is 207 Å². The van der Waals surface area contributed by atoms with Crippen molar-refractivity contribution >= 4 is 208 Å². The third-order valence-corrected chi connectivity index (χ3v) is 20.0. The lowest BCUT2D eigenvalue weighted by Gasteiger charge is -2.16. The number of carbonyl (C=O) groups excluding carboxylic acids is 8. The molecule has 0 aliphatic heterocycles. The number of nitrogens with zero attached hydrogens (tertiary/aromatic N) is 12. The molecule has 28 nitrogen and oxygen atoms in total. The maximum atomic E-state index is 13.4. The summed E-state index contributed by atoms with van der Waals surface area (Å²) in [4.78, 5) is 118. The third-order valence-electron chi connectivity index (χ3n) is 16.5. The summed E-state index contributed by atoms with van der Waals surface area (Å²) >= 11 is 47.3. The lowest BCUT2D eigenvalue weighted by Crippen LogP contribution is -2.31.